The molecular formula is C13H18FN3O. The van der Waals surface area contributed by atoms with Crippen LogP contribution < -0.4 is 11.1 Å². The van der Waals surface area contributed by atoms with Crippen LogP contribution in [-0.4, -0.2) is 37.5 Å². The molecule has 1 fully saturated rings. The maximum absolute atomic E-state index is 13.1. The number of benzene rings is 1. The first-order valence-electron chi connectivity index (χ1n) is 6.08. The van der Waals surface area contributed by atoms with Crippen LogP contribution in [0.15, 0.2) is 18.2 Å². The summed E-state index contributed by atoms with van der Waals surface area (Å²) < 4.78 is 13.1. The largest absolute Gasteiger partial charge is 0.398 e. The van der Waals surface area contributed by atoms with E-state index in [1.54, 1.807) is 0 Å². The van der Waals surface area contributed by atoms with Gasteiger partial charge in [0, 0.05) is 18.8 Å². The van der Waals surface area contributed by atoms with E-state index in [9.17, 15) is 9.18 Å². The van der Waals surface area contributed by atoms with Crippen molar-refractivity contribution in [2.24, 2.45) is 5.92 Å². The van der Waals surface area contributed by atoms with Crippen molar-refractivity contribution in [3.63, 3.8) is 0 Å². The number of amides is 1. The number of nitrogens with two attached hydrogens (primary N) is 1. The SMILES string of the molecule is CN1CCC(CNC(=O)c2cc(F)ccc2N)C1. The van der Waals surface area contributed by atoms with Crippen LogP contribution >= 0.6 is 0 Å². The van der Waals surface area contributed by atoms with Crippen LogP contribution in [0.4, 0.5) is 10.1 Å². The highest BCUT2D eigenvalue weighted by Crippen LogP contribution is 2.15. The highest BCUT2D eigenvalue weighted by atomic mass is 19.1. The fourth-order valence-corrected chi connectivity index (χ4v) is 2.25. The Morgan fingerprint density at radius 3 is 3.06 bits per heavy atom. The van der Waals surface area contributed by atoms with Crippen LogP contribution in [0.25, 0.3) is 0 Å². The topological polar surface area (TPSA) is 58.4 Å². The summed E-state index contributed by atoms with van der Waals surface area (Å²) in [7, 11) is 2.06. The van der Waals surface area contributed by atoms with E-state index < -0.39 is 5.82 Å². The molecule has 1 atom stereocenters. The monoisotopic (exact) mass is 251 g/mol. The highest BCUT2D eigenvalue weighted by Gasteiger charge is 2.20. The molecule has 3 N–H and O–H groups in total. The summed E-state index contributed by atoms with van der Waals surface area (Å²) in [6.07, 6.45) is 1.08. The molecule has 1 saturated heterocycles. The van der Waals surface area contributed by atoms with E-state index in [2.05, 4.69) is 17.3 Å². The molecule has 0 spiro atoms. The lowest BCUT2D eigenvalue weighted by atomic mass is 10.1. The second kappa shape index (κ2) is 5.35. The molecule has 0 saturated carbocycles. The molecule has 1 aliphatic rings. The quantitative estimate of drug-likeness (QED) is 0.791. The van der Waals surface area contributed by atoms with Crippen molar-refractivity contribution in [3.8, 4) is 0 Å². The summed E-state index contributed by atoms with van der Waals surface area (Å²) in [5, 5.41) is 2.82. The number of nitrogens with one attached hydrogen (secondary N) is 1. The van der Waals surface area contributed by atoms with Gasteiger partial charge in [0.15, 0.2) is 0 Å². The minimum absolute atomic E-state index is 0.210. The summed E-state index contributed by atoms with van der Waals surface area (Å²) in [6.45, 7) is 2.65. The fourth-order valence-electron chi connectivity index (χ4n) is 2.25. The van der Waals surface area contributed by atoms with Crippen LogP contribution in [-0.2, 0) is 0 Å². The molecule has 1 amide bonds. The zero-order valence-corrected chi connectivity index (χ0v) is 10.4. The van der Waals surface area contributed by atoms with E-state index >= 15 is 0 Å². The first-order valence-corrected chi connectivity index (χ1v) is 6.08. The van der Waals surface area contributed by atoms with E-state index in [0.29, 0.717) is 18.2 Å². The first-order chi connectivity index (χ1) is 8.56. The van der Waals surface area contributed by atoms with Gasteiger partial charge in [0.2, 0.25) is 0 Å². The van der Waals surface area contributed by atoms with E-state index in [1.165, 1.54) is 18.2 Å². The fraction of sp³-hybridized carbons (Fsp3) is 0.462. The van der Waals surface area contributed by atoms with Gasteiger partial charge in [-0.15, -0.1) is 0 Å². The van der Waals surface area contributed by atoms with Crippen LogP contribution in [0, 0.1) is 11.7 Å². The van der Waals surface area contributed by atoms with E-state index in [0.717, 1.165) is 19.5 Å². The Morgan fingerprint density at radius 1 is 1.61 bits per heavy atom. The number of carbonyl (C=O) groups excluding carboxylic acids is 1. The molecule has 5 heteroatoms. The van der Waals surface area contributed by atoms with Crippen LogP contribution in [0.5, 0.6) is 0 Å². The zero-order valence-electron chi connectivity index (χ0n) is 10.4. The molecule has 1 aliphatic heterocycles. The van der Waals surface area contributed by atoms with E-state index in [1.807, 2.05) is 0 Å². The highest BCUT2D eigenvalue weighted by molar-refractivity contribution is 5.99. The minimum atomic E-state index is -0.449. The first kappa shape index (κ1) is 12.8. The Hall–Kier alpha value is -1.62. The number of hydrogen-bond donors (Lipinski definition) is 2. The number of likely N-dealkylation sites (tertiary alicyclic amines) is 1. The Labute approximate surface area is 106 Å². The number of hydrogen-bond acceptors (Lipinski definition) is 3. The summed E-state index contributed by atoms with van der Waals surface area (Å²) in [6, 6.07) is 3.83. The molecule has 18 heavy (non-hydrogen) atoms. The third kappa shape index (κ3) is 2.98. The van der Waals surface area contributed by atoms with Gasteiger partial charge in [-0.25, -0.2) is 4.39 Å². The number of nitrogen functional groups attached to an aromatic ring is 1. The van der Waals surface area contributed by atoms with Crippen molar-refractivity contribution >= 4 is 11.6 Å². The molecule has 98 valence electrons. The third-order valence-corrected chi connectivity index (χ3v) is 3.30. The van der Waals surface area contributed by atoms with Crippen molar-refractivity contribution in [2.45, 2.75) is 6.42 Å². The predicted octanol–water partition coefficient (Wildman–Crippen LogP) is 1.09. The maximum Gasteiger partial charge on any atom is 0.253 e. The predicted molar refractivity (Wildman–Crippen MR) is 68.7 cm³/mol. The minimum Gasteiger partial charge on any atom is -0.398 e. The van der Waals surface area contributed by atoms with Crippen molar-refractivity contribution in [1.82, 2.24) is 10.2 Å². The van der Waals surface area contributed by atoms with Gasteiger partial charge in [0.1, 0.15) is 5.82 Å². The molecule has 0 bridgehead atoms. The normalized spacial score (nSPS) is 20.0. The standard InChI is InChI=1S/C13H18FN3O/c1-17-5-4-9(8-17)7-16-13(18)11-6-10(14)2-3-12(11)15/h2-3,6,9H,4-5,7-8,15H2,1H3,(H,16,18). The van der Waals surface area contributed by atoms with Crippen molar-refractivity contribution in [3.05, 3.63) is 29.6 Å². The Kier molecular flexibility index (Phi) is 3.81. The molecule has 0 radical (unpaired) electrons. The van der Waals surface area contributed by atoms with Gasteiger partial charge in [-0.1, -0.05) is 0 Å². The van der Waals surface area contributed by atoms with Gasteiger partial charge in [-0.3, -0.25) is 4.79 Å². The molecule has 2 rings (SSSR count). The van der Waals surface area contributed by atoms with Gasteiger partial charge in [-0.2, -0.15) is 0 Å². The molecule has 1 aromatic carbocycles. The van der Waals surface area contributed by atoms with Crippen LogP contribution in [0.2, 0.25) is 0 Å². The number of anilines is 1. The lowest BCUT2D eigenvalue weighted by molar-refractivity contribution is 0.0948. The lowest BCUT2D eigenvalue weighted by Crippen LogP contribution is -2.31. The summed E-state index contributed by atoms with van der Waals surface area (Å²) in [4.78, 5) is 14.1. The van der Waals surface area contributed by atoms with Gasteiger partial charge in [0.25, 0.3) is 5.91 Å². The van der Waals surface area contributed by atoms with Crippen LogP contribution in [0.3, 0.4) is 0 Å². The smallest absolute Gasteiger partial charge is 0.253 e. The number of halogens is 1. The van der Waals surface area contributed by atoms with E-state index in [4.69, 9.17) is 5.73 Å². The molecule has 1 heterocycles. The van der Waals surface area contributed by atoms with Crippen molar-refractivity contribution in [2.75, 3.05) is 32.4 Å². The Balaban J connectivity index is 1.93. The lowest BCUT2D eigenvalue weighted by Gasteiger charge is -2.12. The average molecular weight is 251 g/mol. The van der Waals surface area contributed by atoms with E-state index in [-0.39, 0.29) is 11.5 Å². The third-order valence-electron chi connectivity index (χ3n) is 3.30. The Bertz CT molecular complexity index is 450. The second-order valence-corrected chi connectivity index (χ2v) is 4.86. The van der Waals surface area contributed by atoms with Crippen molar-refractivity contribution < 1.29 is 9.18 Å². The van der Waals surface area contributed by atoms with Gasteiger partial charge >= 0.3 is 0 Å². The molecule has 0 aliphatic carbocycles. The van der Waals surface area contributed by atoms with Crippen LogP contribution in [0.1, 0.15) is 16.8 Å². The maximum atomic E-state index is 13.1. The van der Waals surface area contributed by atoms with Crippen molar-refractivity contribution in [1.29, 1.82) is 0 Å². The van der Waals surface area contributed by atoms with Gasteiger partial charge in [0.05, 0.1) is 5.56 Å². The molecule has 0 aromatic heterocycles. The molecular weight excluding hydrogens is 233 g/mol. The average Bonchev–Trinajstić information content (AvgIpc) is 2.75. The number of nitrogens with zero attached hydrogens (tertiary/aromatic N) is 1. The molecule has 1 aromatic rings. The summed E-state index contributed by atoms with van der Waals surface area (Å²) >= 11 is 0. The zero-order chi connectivity index (χ0) is 13.1. The summed E-state index contributed by atoms with van der Waals surface area (Å²) in [5.41, 5.74) is 6.17. The number of rotatable bonds is 3. The summed E-state index contributed by atoms with van der Waals surface area (Å²) in [5.74, 6) is -0.287. The molecule has 1 unspecified atom stereocenters. The molecule has 4 nitrogen and oxygen atoms in total. The second-order valence-electron chi connectivity index (χ2n) is 4.86. The number of carbonyl (C=O) groups is 1. The Morgan fingerprint density at radius 2 is 2.39 bits per heavy atom. The van der Waals surface area contributed by atoms with Gasteiger partial charge < -0.3 is 16.0 Å². The van der Waals surface area contributed by atoms with Gasteiger partial charge in [-0.05, 0) is 44.1 Å².